The lowest BCUT2D eigenvalue weighted by atomic mass is 9.80. The average Bonchev–Trinajstić information content (AvgIpc) is 3.12. The Hall–Kier alpha value is -3.47. The molecule has 1 aliphatic heterocycles. The molecule has 50 heavy (non-hydrogen) atoms. The van der Waals surface area contributed by atoms with Crippen molar-refractivity contribution >= 4 is 28.0 Å². The number of nitrogens with two attached hydrogens (primary N) is 1. The number of ether oxygens (including phenoxy) is 1. The molecule has 1 aromatic heterocycles. The molecule has 278 valence electrons. The summed E-state index contributed by atoms with van der Waals surface area (Å²) in [7, 11) is 4.01. The topological polar surface area (TPSA) is 90.5 Å². The zero-order chi connectivity index (χ0) is 37.6. The van der Waals surface area contributed by atoms with Crippen molar-refractivity contribution in [2.45, 2.75) is 92.8 Å². The molecule has 2 heterocycles. The first-order valence-corrected chi connectivity index (χ1v) is 18.3. The first kappa shape index (κ1) is 42.7. The van der Waals surface area contributed by atoms with Crippen LogP contribution in [0.2, 0.25) is 0 Å². The fourth-order valence-corrected chi connectivity index (χ4v) is 6.20. The highest BCUT2D eigenvalue weighted by atomic mass is 19.4. The summed E-state index contributed by atoms with van der Waals surface area (Å²) in [5.41, 5.74) is 10.4. The number of fused-ring (bicyclic) bond motifs is 3. The zero-order valence-corrected chi connectivity index (χ0v) is 31.9. The van der Waals surface area contributed by atoms with E-state index in [0.717, 1.165) is 66.6 Å². The molecule has 0 spiro atoms. The molecule has 1 aliphatic carbocycles. The number of pyridine rings is 1. The maximum atomic E-state index is 14.4. The maximum Gasteiger partial charge on any atom is 0.418 e. The molecule has 1 fully saturated rings. The van der Waals surface area contributed by atoms with E-state index in [4.69, 9.17) is 20.9 Å². The van der Waals surface area contributed by atoms with Crippen molar-refractivity contribution in [2.75, 3.05) is 59.2 Å². The third-order valence-corrected chi connectivity index (χ3v) is 8.82. The number of hydrogen-bond acceptors (Lipinski definition) is 7. The van der Waals surface area contributed by atoms with Gasteiger partial charge >= 0.3 is 6.18 Å². The van der Waals surface area contributed by atoms with Gasteiger partial charge in [-0.05, 0) is 63.0 Å². The van der Waals surface area contributed by atoms with E-state index in [2.05, 4.69) is 35.5 Å². The predicted molar refractivity (Wildman–Crippen MR) is 206 cm³/mol. The molecule has 2 aliphatic rings. The van der Waals surface area contributed by atoms with Crippen LogP contribution in [0.1, 0.15) is 95.5 Å². The maximum absolute atomic E-state index is 14.4. The molecular weight excluding hydrogens is 637 g/mol. The van der Waals surface area contributed by atoms with Crippen LogP contribution in [0, 0.1) is 5.41 Å². The number of rotatable bonds is 9. The summed E-state index contributed by atoms with van der Waals surface area (Å²) < 4.78 is 48.8. The highest BCUT2D eigenvalue weighted by Gasteiger charge is 2.38. The van der Waals surface area contributed by atoms with Crippen LogP contribution in [0.25, 0.3) is 27.9 Å². The first-order chi connectivity index (χ1) is 23.9. The molecule has 4 N–H and O–H groups in total. The van der Waals surface area contributed by atoms with E-state index in [-0.39, 0.29) is 23.0 Å². The molecule has 0 amide bonds. The lowest BCUT2D eigenvalue weighted by Gasteiger charge is -2.38. The number of morpholine rings is 1. The SMILES string of the molecule is C=C(NCCN(C)C)c1ccc(-c2nc3c(C(F)(F)F)cc(N)c(C(C)=N)c3c3c2CC(N2CCOCC2)CC3)cc1.CC.CC.CCCC. The molecule has 0 bridgehead atoms. The third-order valence-electron chi connectivity index (χ3n) is 8.82. The van der Waals surface area contributed by atoms with Crippen LogP contribution in [0.4, 0.5) is 18.9 Å². The monoisotopic (exact) mass is 698 g/mol. The molecule has 5 rings (SSSR count). The standard InChI is InChI=1S/C32H39F3N6O.C4H10.2C2H6/c1-19(36)28-27(37)18-26(32(33,34)35)31-29(28)24-10-9-23(41-13-15-42-16-14-41)17-25(24)30(39-31)22-7-5-21(6-8-22)20(2)38-11-12-40(3)4;1-3-4-2;2*1-2/h5-8,18,23,36,38H,2,9-17,37H2,1,3-4H3;3-4H2,1-2H3;2*1-2H3. The Balaban J connectivity index is 0.000000996. The number of likely N-dealkylation sites (N-methyl/N-ethyl adjacent to an activating group) is 1. The molecule has 10 heteroatoms. The number of nitrogen functional groups attached to an aromatic ring is 1. The van der Waals surface area contributed by atoms with E-state index in [9.17, 15) is 13.2 Å². The van der Waals surface area contributed by atoms with Crippen molar-refractivity contribution in [1.29, 1.82) is 5.41 Å². The van der Waals surface area contributed by atoms with Crippen LogP contribution >= 0.6 is 0 Å². The van der Waals surface area contributed by atoms with Gasteiger partial charge < -0.3 is 26.1 Å². The van der Waals surface area contributed by atoms with Crippen molar-refractivity contribution in [3.05, 3.63) is 64.7 Å². The predicted octanol–water partition coefficient (Wildman–Crippen LogP) is 9.06. The van der Waals surface area contributed by atoms with Crippen LogP contribution in [0.15, 0.2) is 36.9 Å². The van der Waals surface area contributed by atoms with Gasteiger partial charge in [0, 0.05) is 65.8 Å². The minimum Gasteiger partial charge on any atom is -0.398 e. The van der Waals surface area contributed by atoms with Crippen molar-refractivity contribution in [3.8, 4) is 11.3 Å². The summed E-state index contributed by atoms with van der Waals surface area (Å²) in [4.78, 5) is 9.27. The van der Waals surface area contributed by atoms with Gasteiger partial charge in [-0.15, -0.1) is 0 Å². The lowest BCUT2D eigenvalue weighted by molar-refractivity contribution is -0.136. The Morgan fingerprint density at radius 2 is 1.66 bits per heavy atom. The summed E-state index contributed by atoms with van der Waals surface area (Å²) in [5.74, 6) is 0. The van der Waals surface area contributed by atoms with Crippen molar-refractivity contribution in [1.82, 2.24) is 20.1 Å². The molecule has 1 unspecified atom stereocenters. The van der Waals surface area contributed by atoms with Gasteiger partial charge in [-0.25, -0.2) is 4.98 Å². The Kier molecular flexibility index (Phi) is 17.4. The second-order valence-electron chi connectivity index (χ2n) is 12.5. The zero-order valence-electron chi connectivity index (χ0n) is 31.9. The van der Waals surface area contributed by atoms with Gasteiger partial charge in [0.25, 0.3) is 0 Å². The number of hydrogen-bond donors (Lipinski definition) is 3. The number of anilines is 1. The van der Waals surface area contributed by atoms with Gasteiger partial charge in [0.2, 0.25) is 0 Å². The molecule has 0 radical (unpaired) electrons. The summed E-state index contributed by atoms with van der Waals surface area (Å²) >= 11 is 0. The Bertz CT molecular complexity index is 1530. The number of unbranched alkanes of at least 4 members (excludes halogenated alkanes) is 1. The normalized spacial score (nSPS) is 15.8. The van der Waals surface area contributed by atoms with Crippen molar-refractivity contribution < 1.29 is 17.9 Å². The number of alkyl halides is 3. The molecule has 2 aromatic carbocycles. The Labute approximate surface area is 299 Å². The van der Waals surface area contributed by atoms with E-state index in [1.165, 1.54) is 12.8 Å². The van der Waals surface area contributed by atoms with E-state index >= 15 is 0 Å². The Morgan fingerprint density at radius 3 is 2.18 bits per heavy atom. The molecule has 7 nitrogen and oxygen atoms in total. The number of aryl methyl sites for hydroxylation is 1. The quantitative estimate of drug-likeness (QED) is 0.153. The van der Waals surface area contributed by atoms with Gasteiger partial charge in [0.05, 0.1) is 30.0 Å². The molecule has 0 saturated carbocycles. The first-order valence-electron chi connectivity index (χ1n) is 18.3. The Morgan fingerprint density at radius 1 is 1.06 bits per heavy atom. The number of halogens is 3. The number of nitrogens with zero attached hydrogens (tertiary/aromatic N) is 3. The van der Waals surface area contributed by atoms with Crippen LogP contribution < -0.4 is 11.1 Å². The largest absolute Gasteiger partial charge is 0.418 e. The molecule has 1 atom stereocenters. The average molecular weight is 699 g/mol. The molecular formula is C40H61F3N6O. The minimum absolute atomic E-state index is 0.0426. The van der Waals surface area contributed by atoms with Crippen molar-refractivity contribution in [3.63, 3.8) is 0 Å². The number of nitrogens with one attached hydrogen (secondary N) is 2. The second-order valence-corrected chi connectivity index (χ2v) is 12.5. The van der Waals surface area contributed by atoms with E-state index < -0.39 is 11.7 Å². The van der Waals surface area contributed by atoms with E-state index in [1.807, 2.05) is 66.1 Å². The van der Waals surface area contributed by atoms with Gasteiger partial charge in [-0.3, -0.25) is 4.90 Å². The van der Waals surface area contributed by atoms with Crippen molar-refractivity contribution in [2.24, 2.45) is 0 Å². The smallest absolute Gasteiger partial charge is 0.398 e. The summed E-state index contributed by atoms with van der Waals surface area (Å²) in [5, 5.41) is 12.1. The fourth-order valence-electron chi connectivity index (χ4n) is 6.20. The second kappa shape index (κ2) is 20.4. The van der Waals surface area contributed by atoms with Gasteiger partial charge in [0.15, 0.2) is 0 Å². The number of aromatic nitrogens is 1. The van der Waals surface area contributed by atoms with Crippen LogP contribution in [-0.2, 0) is 23.8 Å². The highest BCUT2D eigenvalue weighted by molar-refractivity contribution is 6.14. The van der Waals surface area contributed by atoms with E-state index in [1.54, 1.807) is 6.92 Å². The summed E-state index contributed by atoms with van der Waals surface area (Å²) in [6.07, 6.45) is 0.0234. The minimum atomic E-state index is -4.65. The van der Waals surface area contributed by atoms with E-state index in [0.29, 0.717) is 42.7 Å². The third kappa shape index (κ3) is 10.8. The molecule has 1 saturated heterocycles. The molecule has 3 aromatic rings. The van der Waals surface area contributed by atoms with Crippen LogP contribution in [0.5, 0.6) is 0 Å². The highest BCUT2D eigenvalue weighted by Crippen LogP contribution is 2.44. The van der Waals surface area contributed by atoms with Gasteiger partial charge in [-0.1, -0.05) is 85.2 Å². The van der Waals surface area contributed by atoms with Gasteiger partial charge in [-0.2, -0.15) is 13.2 Å². The van der Waals surface area contributed by atoms with Crippen LogP contribution in [0.3, 0.4) is 0 Å². The fraction of sp³-hybridized carbons (Fsp3) is 0.550. The number of benzene rings is 2. The lowest BCUT2D eigenvalue weighted by Crippen LogP contribution is -2.46. The summed E-state index contributed by atoms with van der Waals surface area (Å²) in [6, 6.07) is 8.85. The summed E-state index contributed by atoms with van der Waals surface area (Å²) in [6.45, 7) is 22.7. The van der Waals surface area contributed by atoms with Gasteiger partial charge in [0.1, 0.15) is 0 Å². The van der Waals surface area contributed by atoms with Crippen LogP contribution in [-0.4, -0.2) is 80.0 Å².